The van der Waals surface area contributed by atoms with Crippen LogP contribution in [0.3, 0.4) is 0 Å². The first-order valence-corrected chi connectivity index (χ1v) is 16.3. The lowest BCUT2D eigenvalue weighted by atomic mass is 9.72. The highest BCUT2D eigenvalue weighted by molar-refractivity contribution is 5.90. The topological polar surface area (TPSA) is 178 Å². The molecule has 256 valence electrons. The van der Waals surface area contributed by atoms with E-state index in [0.29, 0.717) is 11.5 Å². The van der Waals surface area contributed by atoms with Crippen LogP contribution in [0.5, 0.6) is 5.75 Å². The Bertz CT molecular complexity index is 1990. The van der Waals surface area contributed by atoms with Gasteiger partial charge in [-0.1, -0.05) is 65.0 Å². The third-order valence-electron chi connectivity index (χ3n) is 9.50. The number of aliphatic hydroxyl groups is 1. The van der Waals surface area contributed by atoms with Crippen molar-refractivity contribution in [3.63, 3.8) is 0 Å². The summed E-state index contributed by atoms with van der Waals surface area (Å²) in [5.41, 5.74) is 1.54. The number of esters is 1. The minimum absolute atomic E-state index is 0.0000110. The van der Waals surface area contributed by atoms with Gasteiger partial charge in [-0.05, 0) is 41.5 Å². The average Bonchev–Trinajstić information content (AvgIpc) is 3.81. The number of anilines is 1. The molecule has 0 saturated carbocycles. The van der Waals surface area contributed by atoms with Gasteiger partial charge in [0.05, 0.1) is 7.11 Å². The van der Waals surface area contributed by atoms with E-state index in [-0.39, 0.29) is 41.3 Å². The van der Waals surface area contributed by atoms with E-state index >= 15 is 0 Å². The second kappa shape index (κ2) is 11.5. The molecule has 4 bridgehead atoms. The van der Waals surface area contributed by atoms with Gasteiger partial charge >= 0.3 is 5.97 Å². The maximum Gasteiger partial charge on any atom is 0.360 e. The number of nitrogens with zero attached hydrogens (tertiary/aromatic N) is 2. The van der Waals surface area contributed by atoms with E-state index in [4.69, 9.17) is 23.3 Å². The molecule has 13 nitrogen and oxygen atoms in total. The number of benzene rings is 2. The summed E-state index contributed by atoms with van der Waals surface area (Å²) in [6.45, 7) is 10.7. The number of hydrogen-bond acceptors (Lipinski definition) is 11. The predicted octanol–water partition coefficient (Wildman–Crippen LogP) is 4.16. The zero-order chi connectivity index (χ0) is 35.0. The SMILES string of the molecule is COC(=O)c1nc(-c2nc3oc2C24c5ccccc5N[C@H]2Oc2ccc(cc24)C[C@H](NC(=O)[C@@H](O)C(C)(C)C)C(=O)N[C@H]3C(C)C)oc1C. The summed E-state index contributed by atoms with van der Waals surface area (Å²) in [5.74, 6) is -0.629. The molecule has 3 aliphatic heterocycles. The molecule has 4 N–H and O–H groups in total. The molecule has 0 saturated heterocycles. The lowest BCUT2D eigenvalue weighted by Crippen LogP contribution is -2.53. The largest absolute Gasteiger partial charge is 0.469 e. The van der Waals surface area contributed by atoms with Crippen molar-refractivity contribution in [2.75, 3.05) is 12.4 Å². The Morgan fingerprint density at radius 1 is 1.08 bits per heavy atom. The van der Waals surface area contributed by atoms with Crippen molar-refractivity contribution in [2.24, 2.45) is 11.3 Å². The number of methoxy groups -OCH3 is 1. The summed E-state index contributed by atoms with van der Waals surface area (Å²) in [5, 5.41) is 20.1. The van der Waals surface area contributed by atoms with Crippen LogP contribution >= 0.6 is 0 Å². The van der Waals surface area contributed by atoms with Crippen LogP contribution in [0.4, 0.5) is 5.69 Å². The van der Waals surface area contributed by atoms with Crippen molar-refractivity contribution in [1.29, 1.82) is 0 Å². The molecule has 5 atom stereocenters. The highest BCUT2D eigenvalue weighted by atomic mass is 16.5. The second-order valence-corrected chi connectivity index (χ2v) is 14.2. The third kappa shape index (κ3) is 5.06. The van der Waals surface area contributed by atoms with Crippen LogP contribution in [-0.2, 0) is 26.2 Å². The Morgan fingerprint density at radius 3 is 2.55 bits per heavy atom. The van der Waals surface area contributed by atoms with Crippen molar-refractivity contribution >= 4 is 23.5 Å². The molecule has 3 aliphatic rings. The molecule has 0 radical (unpaired) electrons. The van der Waals surface area contributed by atoms with Gasteiger partial charge in [-0.3, -0.25) is 9.59 Å². The van der Waals surface area contributed by atoms with Gasteiger partial charge in [-0.25, -0.2) is 14.8 Å². The van der Waals surface area contributed by atoms with E-state index in [0.717, 1.165) is 22.4 Å². The monoisotopic (exact) mass is 669 g/mol. The molecule has 1 spiro atoms. The first-order chi connectivity index (χ1) is 23.2. The highest BCUT2D eigenvalue weighted by Crippen LogP contribution is 2.59. The Morgan fingerprint density at radius 2 is 1.84 bits per heavy atom. The molecule has 2 aromatic heterocycles. The zero-order valence-corrected chi connectivity index (χ0v) is 28.3. The quantitative estimate of drug-likeness (QED) is 0.224. The molecule has 2 amide bonds. The zero-order valence-electron chi connectivity index (χ0n) is 28.3. The lowest BCUT2D eigenvalue weighted by molar-refractivity contribution is -0.138. The van der Waals surface area contributed by atoms with Gasteiger partial charge in [0, 0.05) is 17.7 Å². The molecule has 2 aromatic carbocycles. The van der Waals surface area contributed by atoms with Gasteiger partial charge in [0.1, 0.15) is 35.1 Å². The number of rotatable bonds is 5. The molecule has 4 aromatic rings. The summed E-state index contributed by atoms with van der Waals surface area (Å²) in [6, 6.07) is 11.6. The van der Waals surface area contributed by atoms with Crippen LogP contribution in [-0.4, -0.2) is 58.3 Å². The normalized spacial score (nSPS) is 22.9. The number of ether oxygens (including phenoxy) is 2. The van der Waals surface area contributed by atoms with E-state index in [9.17, 15) is 19.5 Å². The highest BCUT2D eigenvalue weighted by Gasteiger charge is 2.61. The Balaban J connectivity index is 1.48. The van der Waals surface area contributed by atoms with Gasteiger partial charge in [0.25, 0.3) is 0 Å². The first-order valence-electron chi connectivity index (χ1n) is 16.3. The number of aryl methyl sites for hydroxylation is 1. The van der Waals surface area contributed by atoms with Crippen LogP contribution in [0.15, 0.2) is 51.3 Å². The number of nitrogens with one attached hydrogen (secondary N) is 3. The van der Waals surface area contributed by atoms with Gasteiger partial charge < -0.3 is 39.4 Å². The van der Waals surface area contributed by atoms with E-state index in [1.165, 1.54) is 7.11 Å². The molecular weight excluding hydrogens is 630 g/mol. The molecular formula is C36H39N5O8. The molecule has 7 rings (SSSR count). The van der Waals surface area contributed by atoms with Crippen LogP contribution in [0, 0.1) is 18.3 Å². The van der Waals surface area contributed by atoms with E-state index in [2.05, 4.69) is 20.9 Å². The Kier molecular flexibility index (Phi) is 7.58. The maximum absolute atomic E-state index is 14.1. The van der Waals surface area contributed by atoms with Crippen LogP contribution < -0.4 is 20.7 Å². The summed E-state index contributed by atoms with van der Waals surface area (Å²) in [7, 11) is 1.27. The fourth-order valence-corrected chi connectivity index (χ4v) is 6.88. The number of aromatic nitrogens is 2. The first kappa shape index (κ1) is 32.4. The molecule has 5 heterocycles. The minimum Gasteiger partial charge on any atom is -0.469 e. The van der Waals surface area contributed by atoms with Gasteiger partial charge in [0.2, 0.25) is 23.6 Å². The summed E-state index contributed by atoms with van der Waals surface area (Å²) in [4.78, 5) is 49.4. The van der Waals surface area contributed by atoms with Crippen molar-refractivity contribution < 1.29 is 37.8 Å². The standard InChI is InChI=1S/C36H39N5O8/c1-16(2)24-31-41-26(32-40-25(17(3)47-32)33(45)46-7)28(49-31)36-19-10-8-9-11-21(19)38-34(36)48-23-13-12-18(14-20(23)36)15-22(29(43)39-24)37-30(44)27(42)35(4,5)6/h8-14,16,22,24,27,34,38,42H,15H2,1-7H3,(H,37,44)(H,39,43)/t22-,24-,27+,34-,36?/m0/s1. The second-order valence-electron chi connectivity index (χ2n) is 14.2. The van der Waals surface area contributed by atoms with Crippen molar-refractivity contribution in [3.05, 3.63) is 82.3 Å². The molecule has 13 heteroatoms. The van der Waals surface area contributed by atoms with Gasteiger partial charge in [0.15, 0.2) is 23.4 Å². The Hall–Kier alpha value is -5.17. The van der Waals surface area contributed by atoms with E-state index in [1.54, 1.807) is 27.7 Å². The van der Waals surface area contributed by atoms with Gasteiger partial charge in [-0.15, -0.1) is 0 Å². The molecule has 0 aliphatic carbocycles. The maximum atomic E-state index is 14.1. The predicted molar refractivity (Wildman–Crippen MR) is 176 cm³/mol. The fourth-order valence-electron chi connectivity index (χ4n) is 6.88. The minimum atomic E-state index is -1.35. The molecule has 49 heavy (non-hydrogen) atoms. The van der Waals surface area contributed by atoms with E-state index in [1.807, 2.05) is 56.3 Å². The summed E-state index contributed by atoms with van der Waals surface area (Å²) >= 11 is 0. The molecule has 0 fully saturated rings. The van der Waals surface area contributed by atoms with Crippen LogP contribution in [0.2, 0.25) is 0 Å². The van der Waals surface area contributed by atoms with Gasteiger partial charge in [-0.2, -0.15) is 0 Å². The summed E-state index contributed by atoms with van der Waals surface area (Å²) < 4.78 is 24.4. The fraction of sp³-hybridized carbons (Fsp3) is 0.417. The number of carbonyl (C=O) groups is 3. The van der Waals surface area contributed by atoms with Crippen LogP contribution in [0.25, 0.3) is 11.6 Å². The van der Waals surface area contributed by atoms with Crippen molar-refractivity contribution in [3.8, 4) is 17.3 Å². The smallest absolute Gasteiger partial charge is 0.360 e. The van der Waals surface area contributed by atoms with E-state index < -0.39 is 53.0 Å². The number of para-hydroxylation sites is 1. The van der Waals surface area contributed by atoms with Crippen LogP contribution in [0.1, 0.15) is 85.3 Å². The summed E-state index contributed by atoms with van der Waals surface area (Å²) in [6.07, 6.45) is -1.89. The number of carbonyl (C=O) groups excluding carboxylic acids is 3. The van der Waals surface area contributed by atoms with Crippen molar-refractivity contribution in [1.82, 2.24) is 20.6 Å². The number of amides is 2. The van der Waals surface area contributed by atoms with Crippen molar-refractivity contribution in [2.45, 2.75) is 77.8 Å². The lowest BCUT2D eigenvalue weighted by Gasteiger charge is -2.30. The third-order valence-corrected chi connectivity index (χ3v) is 9.50. The molecule has 1 unspecified atom stereocenters. The number of aliphatic hydroxyl groups excluding tert-OH is 1. The number of oxazole rings is 2. The number of hydrogen-bond donors (Lipinski definition) is 4. The number of fused-ring (bicyclic) bond motifs is 4. The Labute approximate surface area is 282 Å². The average molecular weight is 670 g/mol.